The average Bonchev–Trinajstić information content (AvgIpc) is 2.37. The molecule has 2 aromatic rings. The molecule has 2 rings (SSSR count). The first-order chi connectivity index (χ1) is 9.51. The van der Waals surface area contributed by atoms with Gasteiger partial charge in [0, 0.05) is 17.7 Å². The Morgan fingerprint density at radius 3 is 2.70 bits per heavy atom. The fourth-order valence-electron chi connectivity index (χ4n) is 2.39. The molecule has 0 amide bonds. The molecule has 0 radical (unpaired) electrons. The maximum atomic E-state index is 5.41. The predicted molar refractivity (Wildman–Crippen MR) is 84.0 cm³/mol. The zero-order chi connectivity index (χ0) is 14.7. The Kier molecular flexibility index (Phi) is 4.55. The van der Waals surface area contributed by atoms with Crippen LogP contribution in [-0.2, 0) is 6.42 Å². The van der Waals surface area contributed by atoms with Gasteiger partial charge in [-0.05, 0) is 30.5 Å². The molecular formula is C16H20N2OS. The minimum Gasteiger partial charge on any atom is -0.497 e. The number of aryl methyl sites for hydroxylation is 1. The van der Waals surface area contributed by atoms with E-state index in [-0.39, 0.29) is 0 Å². The molecule has 20 heavy (non-hydrogen) atoms. The first-order valence-corrected chi connectivity index (χ1v) is 7.14. The summed E-state index contributed by atoms with van der Waals surface area (Å²) in [7, 11) is 1.67. The molecular weight excluding hydrogens is 268 g/mol. The lowest BCUT2D eigenvalue weighted by atomic mass is 10.0. The van der Waals surface area contributed by atoms with Crippen LogP contribution >= 0.6 is 12.2 Å². The Balaban J connectivity index is 2.32. The second kappa shape index (κ2) is 6.18. The van der Waals surface area contributed by atoms with Crippen molar-refractivity contribution < 1.29 is 4.74 Å². The van der Waals surface area contributed by atoms with Crippen molar-refractivity contribution in [3.63, 3.8) is 0 Å². The van der Waals surface area contributed by atoms with Gasteiger partial charge in [-0.15, -0.1) is 0 Å². The Hall–Kier alpha value is -1.68. The first-order valence-electron chi connectivity index (χ1n) is 6.74. The highest BCUT2D eigenvalue weighted by atomic mass is 32.1. The van der Waals surface area contributed by atoms with E-state index in [1.54, 1.807) is 7.11 Å². The van der Waals surface area contributed by atoms with Crippen molar-refractivity contribution in [2.45, 2.75) is 33.1 Å². The molecule has 1 heterocycles. The van der Waals surface area contributed by atoms with E-state index in [1.807, 2.05) is 18.2 Å². The topological polar surface area (TPSA) is 37.9 Å². The molecule has 4 heteroatoms. The number of rotatable bonds is 4. The number of hydrogen-bond acceptors (Lipinski definition) is 3. The molecule has 1 aromatic heterocycles. The average molecular weight is 288 g/mol. The van der Waals surface area contributed by atoms with Crippen molar-refractivity contribution in [1.29, 1.82) is 0 Å². The van der Waals surface area contributed by atoms with E-state index in [4.69, 9.17) is 17.0 Å². The second-order valence-corrected chi connectivity index (χ2v) is 5.60. The molecule has 3 nitrogen and oxygen atoms in total. The summed E-state index contributed by atoms with van der Waals surface area (Å²) in [5, 5.41) is 0. The summed E-state index contributed by atoms with van der Waals surface area (Å²) in [6.45, 7) is 6.33. The van der Waals surface area contributed by atoms with Gasteiger partial charge in [0.05, 0.1) is 7.11 Å². The maximum Gasteiger partial charge on any atom is 0.133 e. The maximum absolute atomic E-state index is 5.41. The standard InChI is InChI=1S/C16H20N2OS/c1-10(2)15-11(3)17-14(18-16(15)20)9-12-6-5-7-13(8-12)19-4/h5-8,10H,9H2,1-4H3,(H,17,18,20). The SMILES string of the molecule is COc1cccc(Cc2nc(=S)c(C(C)C)c(C)[nH]2)c1. The Morgan fingerprint density at radius 2 is 2.10 bits per heavy atom. The highest BCUT2D eigenvalue weighted by Crippen LogP contribution is 2.20. The van der Waals surface area contributed by atoms with Gasteiger partial charge in [0.1, 0.15) is 16.2 Å². The molecule has 0 aliphatic heterocycles. The van der Waals surface area contributed by atoms with Crippen LogP contribution in [0.1, 0.15) is 42.4 Å². The van der Waals surface area contributed by atoms with E-state index in [2.05, 4.69) is 36.8 Å². The third kappa shape index (κ3) is 3.25. The van der Waals surface area contributed by atoms with Crippen LogP contribution in [0.2, 0.25) is 0 Å². The van der Waals surface area contributed by atoms with Crippen LogP contribution < -0.4 is 4.74 Å². The molecule has 1 N–H and O–H groups in total. The number of methoxy groups -OCH3 is 1. The molecule has 0 aliphatic carbocycles. The van der Waals surface area contributed by atoms with Gasteiger partial charge >= 0.3 is 0 Å². The number of benzene rings is 1. The van der Waals surface area contributed by atoms with Crippen molar-refractivity contribution >= 4 is 12.2 Å². The summed E-state index contributed by atoms with van der Waals surface area (Å²) in [6.07, 6.45) is 0.722. The lowest BCUT2D eigenvalue weighted by Gasteiger charge is -2.12. The summed E-state index contributed by atoms with van der Waals surface area (Å²) in [4.78, 5) is 7.89. The van der Waals surface area contributed by atoms with Gasteiger partial charge in [-0.1, -0.05) is 38.2 Å². The van der Waals surface area contributed by atoms with Crippen LogP contribution in [-0.4, -0.2) is 17.1 Å². The number of aromatic amines is 1. The minimum atomic E-state index is 0.386. The number of ether oxygens (including phenoxy) is 1. The molecule has 0 atom stereocenters. The molecule has 1 aromatic carbocycles. The fraction of sp³-hybridized carbons (Fsp3) is 0.375. The monoisotopic (exact) mass is 288 g/mol. The van der Waals surface area contributed by atoms with Crippen molar-refractivity contribution in [1.82, 2.24) is 9.97 Å². The third-order valence-electron chi connectivity index (χ3n) is 3.29. The summed E-state index contributed by atoms with van der Waals surface area (Å²) in [5.74, 6) is 2.14. The summed E-state index contributed by atoms with van der Waals surface area (Å²) in [5.41, 5.74) is 3.39. The Morgan fingerprint density at radius 1 is 1.35 bits per heavy atom. The van der Waals surface area contributed by atoms with E-state index in [1.165, 1.54) is 0 Å². The fourth-order valence-corrected chi connectivity index (χ4v) is 2.89. The van der Waals surface area contributed by atoms with E-state index in [9.17, 15) is 0 Å². The van der Waals surface area contributed by atoms with E-state index in [0.29, 0.717) is 10.6 Å². The molecule has 0 aliphatic rings. The van der Waals surface area contributed by atoms with Crippen molar-refractivity contribution in [3.05, 3.63) is 51.6 Å². The minimum absolute atomic E-state index is 0.386. The number of hydrogen-bond donors (Lipinski definition) is 1. The van der Waals surface area contributed by atoms with Gasteiger partial charge < -0.3 is 9.72 Å². The molecule has 106 valence electrons. The van der Waals surface area contributed by atoms with E-state index >= 15 is 0 Å². The van der Waals surface area contributed by atoms with Gasteiger partial charge in [-0.2, -0.15) is 0 Å². The van der Waals surface area contributed by atoms with E-state index < -0.39 is 0 Å². The lowest BCUT2D eigenvalue weighted by molar-refractivity contribution is 0.414. The van der Waals surface area contributed by atoms with Gasteiger partial charge in [0.25, 0.3) is 0 Å². The first kappa shape index (κ1) is 14.7. The second-order valence-electron chi connectivity index (χ2n) is 5.21. The van der Waals surface area contributed by atoms with E-state index in [0.717, 1.165) is 34.8 Å². The zero-order valence-electron chi connectivity index (χ0n) is 12.4. The smallest absolute Gasteiger partial charge is 0.133 e. The van der Waals surface area contributed by atoms with Gasteiger partial charge in [-0.25, -0.2) is 4.98 Å². The molecule has 0 saturated heterocycles. The Bertz CT molecular complexity index is 662. The van der Waals surface area contributed by atoms with Crippen LogP contribution in [0.3, 0.4) is 0 Å². The van der Waals surface area contributed by atoms with Crippen molar-refractivity contribution in [2.24, 2.45) is 0 Å². The normalized spacial score (nSPS) is 10.8. The molecule has 0 unspecified atom stereocenters. The van der Waals surface area contributed by atoms with Crippen LogP contribution in [0.15, 0.2) is 24.3 Å². The number of aromatic nitrogens is 2. The summed E-state index contributed by atoms with van der Waals surface area (Å²) in [6, 6.07) is 8.00. The molecule has 0 saturated carbocycles. The van der Waals surface area contributed by atoms with Crippen LogP contribution in [0.5, 0.6) is 5.75 Å². The van der Waals surface area contributed by atoms with Gasteiger partial charge in [-0.3, -0.25) is 0 Å². The Labute approximate surface area is 125 Å². The summed E-state index contributed by atoms with van der Waals surface area (Å²) >= 11 is 5.41. The predicted octanol–water partition coefficient (Wildman–Crippen LogP) is 4.17. The van der Waals surface area contributed by atoms with Gasteiger partial charge in [0.2, 0.25) is 0 Å². The van der Waals surface area contributed by atoms with Crippen LogP contribution in [0, 0.1) is 11.6 Å². The number of H-pyrrole nitrogens is 1. The van der Waals surface area contributed by atoms with Crippen molar-refractivity contribution in [2.75, 3.05) is 7.11 Å². The zero-order valence-corrected chi connectivity index (χ0v) is 13.2. The molecule has 0 fully saturated rings. The molecule has 0 spiro atoms. The third-order valence-corrected chi connectivity index (χ3v) is 3.60. The quantitative estimate of drug-likeness (QED) is 0.858. The highest BCUT2D eigenvalue weighted by molar-refractivity contribution is 7.71. The van der Waals surface area contributed by atoms with Crippen LogP contribution in [0.4, 0.5) is 0 Å². The summed E-state index contributed by atoms with van der Waals surface area (Å²) < 4.78 is 5.94. The van der Waals surface area contributed by atoms with Crippen LogP contribution in [0.25, 0.3) is 0 Å². The largest absolute Gasteiger partial charge is 0.497 e. The number of nitrogens with one attached hydrogen (secondary N) is 1. The molecule has 0 bridgehead atoms. The van der Waals surface area contributed by atoms with Crippen molar-refractivity contribution in [3.8, 4) is 5.75 Å². The lowest BCUT2D eigenvalue weighted by Crippen LogP contribution is -2.05. The number of nitrogens with zero attached hydrogens (tertiary/aromatic N) is 1. The van der Waals surface area contributed by atoms with Gasteiger partial charge in [0.15, 0.2) is 0 Å². The highest BCUT2D eigenvalue weighted by Gasteiger charge is 2.09.